The van der Waals surface area contributed by atoms with E-state index in [1.807, 2.05) is 0 Å². The summed E-state index contributed by atoms with van der Waals surface area (Å²) < 4.78 is 9.28. The topological polar surface area (TPSA) is 17.1 Å². The monoisotopic (exact) mass is 118 g/mol. The molecular formula is C4H13AlNO+. The molecule has 0 amide bonds. The minimum atomic E-state index is 0.611. The number of hydrogen-bond donors (Lipinski definition) is 0. The fourth-order valence-corrected chi connectivity index (χ4v) is 0. The van der Waals surface area contributed by atoms with E-state index in [0.29, 0.717) is 16.2 Å². The molecule has 0 aromatic carbocycles. The normalized spacial score (nSPS) is 9.00. The van der Waals surface area contributed by atoms with Gasteiger partial charge in [0.15, 0.2) is 0 Å². The van der Waals surface area contributed by atoms with Crippen LogP contribution in [0.25, 0.3) is 0 Å². The maximum absolute atomic E-state index is 8.28. The summed E-state index contributed by atoms with van der Waals surface area (Å²) in [6.45, 7) is 0. The fourth-order valence-electron chi connectivity index (χ4n) is 0. The summed E-state index contributed by atoms with van der Waals surface area (Å²) in [5, 5.41) is 0. The van der Waals surface area contributed by atoms with Crippen molar-refractivity contribution < 1.29 is 8.29 Å². The zero-order valence-corrected chi connectivity index (χ0v) is 6.98. The number of hydrogen-bond acceptors (Lipinski definition) is 1. The van der Waals surface area contributed by atoms with Crippen molar-refractivity contribution in [3.63, 3.8) is 0 Å². The van der Waals surface area contributed by atoms with Gasteiger partial charge in [-0.3, -0.25) is 0 Å². The van der Waals surface area contributed by atoms with Gasteiger partial charge in [0.25, 0.3) is 0 Å². The molecule has 0 aliphatic heterocycles. The zero-order valence-electron chi connectivity index (χ0n) is 5.56. The van der Waals surface area contributed by atoms with Gasteiger partial charge >= 0.3 is 20.0 Å². The molecule has 2 nitrogen and oxygen atoms in total. The van der Waals surface area contributed by atoms with Gasteiger partial charge < -0.3 is 4.48 Å². The van der Waals surface area contributed by atoms with Crippen molar-refractivity contribution in [2.45, 2.75) is 0 Å². The summed E-state index contributed by atoms with van der Waals surface area (Å²) in [4.78, 5) is 0. The van der Waals surface area contributed by atoms with Crippen LogP contribution in [-0.2, 0) is 3.80 Å². The summed E-state index contributed by atoms with van der Waals surface area (Å²) >= 11 is 0.611. The number of nitrogens with zero attached hydrogens (tertiary/aromatic N) is 1. The van der Waals surface area contributed by atoms with E-state index in [2.05, 4.69) is 28.2 Å². The van der Waals surface area contributed by atoms with Crippen LogP contribution >= 0.6 is 0 Å². The van der Waals surface area contributed by atoms with Crippen molar-refractivity contribution in [2.75, 3.05) is 28.2 Å². The van der Waals surface area contributed by atoms with Crippen LogP contribution in [-0.4, -0.2) is 48.9 Å². The van der Waals surface area contributed by atoms with Crippen molar-refractivity contribution in [1.82, 2.24) is 0 Å². The van der Waals surface area contributed by atoms with Crippen LogP contribution < -0.4 is 0 Å². The van der Waals surface area contributed by atoms with E-state index in [0.717, 1.165) is 4.48 Å². The molecule has 0 atom stereocenters. The van der Waals surface area contributed by atoms with Crippen molar-refractivity contribution in [3.8, 4) is 0 Å². The van der Waals surface area contributed by atoms with E-state index in [1.54, 1.807) is 0 Å². The van der Waals surface area contributed by atoms with E-state index in [1.165, 1.54) is 0 Å². The van der Waals surface area contributed by atoms with Gasteiger partial charge in [-0.2, -0.15) is 0 Å². The van der Waals surface area contributed by atoms with Crippen molar-refractivity contribution in [1.29, 1.82) is 0 Å². The molecule has 0 heterocycles. The van der Waals surface area contributed by atoms with Crippen LogP contribution in [0.4, 0.5) is 0 Å². The summed E-state index contributed by atoms with van der Waals surface area (Å²) in [7, 11) is 8.50. The molecule has 0 saturated carbocycles. The molecule has 42 valence electrons. The first kappa shape index (κ1) is 10.3. The van der Waals surface area contributed by atoms with Gasteiger partial charge in [0, 0.05) is 0 Å². The van der Waals surface area contributed by atoms with Gasteiger partial charge in [-0.1, -0.05) is 0 Å². The minimum absolute atomic E-state index is 0.611. The second-order valence-electron chi connectivity index (χ2n) is 2.68. The first-order valence-electron chi connectivity index (χ1n) is 2.08. The average molecular weight is 118 g/mol. The van der Waals surface area contributed by atoms with Gasteiger partial charge in [0.1, 0.15) is 0 Å². The summed E-state index contributed by atoms with van der Waals surface area (Å²) in [6, 6.07) is 0. The molecule has 0 aliphatic carbocycles. The predicted molar refractivity (Wildman–Crippen MR) is 31.8 cm³/mol. The second-order valence-corrected chi connectivity index (χ2v) is 2.68. The first-order valence-corrected chi connectivity index (χ1v) is 2.65. The Labute approximate surface area is 53.3 Å². The molecule has 0 radical (unpaired) electrons. The van der Waals surface area contributed by atoms with Crippen LogP contribution in [0.3, 0.4) is 0 Å². The van der Waals surface area contributed by atoms with Crippen molar-refractivity contribution in [2.24, 2.45) is 0 Å². The van der Waals surface area contributed by atoms with Gasteiger partial charge in [0.05, 0.1) is 28.2 Å². The van der Waals surface area contributed by atoms with Gasteiger partial charge in [0.2, 0.25) is 0 Å². The Morgan fingerprint density at radius 1 is 1.00 bits per heavy atom. The van der Waals surface area contributed by atoms with Gasteiger partial charge in [-0.25, -0.2) is 0 Å². The van der Waals surface area contributed by atoms with E-state index in [-0.39, 0.29) is 0 Å². The summed E-state index contributed by atoms with van der Waals surface area (Å²) in [5.74, 6) is 0. The van der Waals surface area contributed by atoms with E-state index < -0.39 is 0 Å². The molecule has 0 aliphatic rings. The van der Waals surface area contributed by atoms with Gasteiger partial charge in [-0.05, 0) is 0 Å². The molecule has 0 bridgehead atoms. The molecular weight excluding hydrogens is 105 g/mol. The molecule has 3 heteroatoms. The van der Waals surface area contributed by atoms with E-state index in [4.69, 9.17) is 3.80 Å². The Bertz CT molecular complexity index is 35.4. The van der Waals surface area contributed by atoms with E-state index in [9.17, 15) is 0 Å². The zero-order chi connectivity index (χ0) is 6.50. The molecule has 0 N–H and O–H groups in total. The van der Waals surface area contributed by atoms with Crippen molar-refractivity contribution >= 4 is 16.2 Å². The molecule has 0 aromatic heterocycles. The SMILES string of the molecule is C[N+](C)(C)C.[O]=[AlH]. The molecule has 0 unspecified atom stereocenters. The Hall–Kier alpha value is 0.292. The first-order chi connectivity index (χ1) is 3.00. The van der Waals surface area contributed by atoms with Crippen LogP contribution in [0.2, 0.25) is 0 Å². The van der Waals surface area contributed by atoms with Crippen molar-refractivity contribution in [3.05, 3.63) is 0 Å². The van der Waals surface area contributed by atoms with E-state index >= 15 is 0 Å². The quantitative estimate of drug-likeness (QED) is 0.311. The summed E-state index contributed by atoms with van der Waals surface area (Å²) in [6.07, 6.45) is 0. The third kappa shape index (κ3) is 1360. The van der Waals surface area contributed by atoms with Crippen LogP contribution in [0.1, 0.15) is 0 Å². The van der Waals surface area contributed by atoms with Crippen LogP contribution in [0.15, 0.2) is 0 Å². The molecule has 0 spiro atoms. The van der Waals surface area contributed by atoms with Gasteiger partial charge in [-0.15, -0.1) is 0 Å². The molecule has 0 fully saturated rings. The second kappa shape index (κ2) is 4.45. The number of quaternary nitrogens is 1. The number of rotatable bonds is 0. The molecule has 0 aromatic rings. The fraction of sp³-hybridized carbons (Fsp3) is 1.00. The maximum atomic E-state index is 8.28. The Morgan fingerprint density at radius 3 is 1.00 bits per heavy atom. The third-order valence-corrected chi connectivity index (χ3v) is 0. The molecule has 7 heavy (non-hydrogen) atoms. The third-order valence-electron chi connectivity index (χ3n) is 0. The Balaban J connectivity index is 0. The average Bonchev–Trinajstić information content (AvgIpc) is 1.36. The molecule has 0 saturated heterocycles. The summed E-state index contributed by atoms with van der Waals surface area (Å²) in [5.41, 5.74) is 0. The molecule has 0 rings (SSSR count). The standard InChI is InChI=1S/C4H12N.Al.O.H/c1-5(2,3)4;;;/h1-4H3;;;/q+1;;;. The predicted octanol–water partition coefficient (Wildman–Crippen LogP) is -0.445. The van der Waals surface area contributed by atoms with Crippen LogP contribution in [0.5, 0.6) is 0 Å². The Kier molecular flexibility index (Phi) is 6.56. The Morgan fingerprint density at radius 2 is 1.00 bits per heavy atom. The van der Waals surface area contributed by atoms with Crippen LogP contribution in [0, 0.1) is 0 Å².